The molecule has 42 heavy (non-hydrogen) atoms. The number of allylic oxidation sites excluding steroid dienone is 2. The fourth-order valence-corrected chi connectivity index (χ4v) is 6.78. The van der Waals surface area contributed by atoms with Gasteiger partial charge in [0.25, 0.3) is 11.8 Å². The lowest BCUT2D eigenvalue weighted by molar-refractivity contribution is 0.0656. The third-order valence-electron chi connectivity index (χ3n) is 9.08. The van der Waals surface area contributed by atoms with Crippen molar-refractivity contribution in [2.75, 3.05) is 26.1 Å². The van der Waals surface area contributed by atoms with Crippen molar-refractivity contribution in [2.45, 2.75) is 39.5 Å². The van der Waals surface area contributed by atoms with E-state index in [-0.39, 0.29) is 18.4 Å². The van der Waals surface area contributed by atoms with Crippen LogP contribution in [0.3, 0.4) is 0 Å². The first-order valence-corrected chi connectivity index (χ1v) is 14.8. The molecule has 0 aromatic heterocycles. The van der Waals surface area contributed by atoms with Crippen LogP contribution in [0.2, 0.25) is 0 Å². The van der Waals surface area contributed by atoms with Crippen molar-refractivity contribution >= 4 is 17.5 Å². The third-order valence-corrected chi connectivity index (χ3v) is 9.08. The van der Waals surface area contributed by atoms with Crippen LogP contribution in [0.5, 0.6) is 23.0 Å². The fourth-order valence-electron chi connectivity index (χ4n) is 6.78. The summed E-state index contributed by atoms with van der Waals surface area (Å²) < 4.78 is 16.8. The Kier molecular flexibility index (Phi) is 7.67. The fraction of sp³-hybridized carbons (Fsp3) is 0.371. The molecule has 0 saturated heterocycles. The molecule has 2 amide bonds. The zero-order chi connectivity index (χ0) is 29.4. The predicted molar refractivity (Wildman–Crippen MR) is 162 cm³/mol. The lowest BCUT2D eigenvalue weighted by Crippen LogP contribution is -2.31. The molecule has 2 aliphatic carbocycles. The van der Waals surface area contributed by atoms with Crippen molar-refractivity contribution in [1.29, 1.82) is 0 Å². The van der Waals surface area contributed by atoms with Gasteiger partial charge in [0.2, 0.25) is 0 Å². The van der Waals surface area contributed by atoms with Crippen LogP contribution in [0.25, 0.3) is 0 Å². The van der Waals surface area contributed by atoms with Crippen molar-refractivity contribution in [1.82, 2.24) is 4.90 Å². The normalized spacial score (nSPS) is 22.9. The van der Waals surface area contributed by atoms with E-state index < -0.39 is 0 Å². The first kappa shape index (κ1) is 27.9. The van der Waals surface area contributed by atoms with Crippen LogP contribution in [-0.4, -0.2) is 37.5 Å². The summed E-state index contributed by atoms with van der Waals surface area (Å²) >= 11 is 0. The molecule has 1 heterocycles. The molecule has 7 heteroatoms. The van der Waals surface area contributed by atoms with Gasteiger partial charge < -0.3 is 19.5 Å². The Morgan fingerprint density at radius 2 is 1.57 bits per heavy atom. The molecule has 0 spiro atoms. The number of benzene rings is 3. The standard InChI is InChI=1S/C35H38N2O5/c1-21-5-12-27-22(2)18-31(29(27)17-21)36-24-7-9-25(10-8-24)42-26-11-13-28-30(20-26)35(39)37(34(28)38)16-15-23-6-14-32(40-3)33(19-23)41-4/h6-11,13-14,18-22,27,29,36H,5,12,15-17H2,1-4H3/t21-,22?,27+,29-/m1/s1. The smallest absolute Gasteiger partial charge is 0.261 e. The van der Waals surface area contributed by atoms with Gasteiger partial charge in [0, 0.05) is 23.8 Å². The summed E-state index contributed by atoms with van der Waals surface area (Å²) in [6.45, 7) is 4.97. The SMILES string of the molecule is COc1ccc(CCN2C(=O)c3ccc(Oc4ccc(NC5=CC(C)[C@@H]6CC[C@@H](C)C[C@@H]56)cc4)cc3C2=O)cc1OC. The molecule has 1 saturated carbocycles. The minimum Gasteiger partial charge on any atom is -0.493 e. The van der Waals surface area contributed by atoms with Gasteiger partial charge in [0.1, 0.15) is 11.5 Å². The van der Waals surface area contributed by atoms with Crippen LogP contribution in [-0.2, 0) is 6.42 Å². The third kappa shape index (κ3) is 5.36. The molecule has 3 aromatic rings. The average molecular weight is 567 g/mol. The van der Waals surface area contributed by atoms with Crippen molar-refractivity contribution in [3.63, 3.8) is 0 Å². The number of nitrogens with zero attached hydrogens (tertiary/aromatic N) is 1. The van der Waals surface area contributed by atoms with Crippen molar-refractivity contribution < 1.29 is 23.8 Å². The lowest BCUT2D eigenvalue weighted by atomic mass is 9.73. The number of hydrogen-bond donors (Lipinski definition) is 1. The van der Waals surface area contributed by atoms with E-state index in [1.54, 1.807) is 32.4 Å². The Balaban J connectivity index is 1.09. The number of amides is 2. The zero-order valence-electron chi connectivity index (χ0n) is 24.7. The Labute approximate surface area is 247 Å². The van der Waals surface area contributed by atoms with E-state index >= 15 is 0 Å². The Morgan fingerprint density at radius 1 is 0.833 bits per heavy atom. The number of nitrogens with one attached hydrogen (secondary N) is 1. The molecule has 7 nitrogen and oxygen atoms in total. The molecule has 0 bridgehead atoms. The largest absolute Gasteiger partial charge is 0.493 e. The van der Waals surface area contributed by atoms with Crippen LogP contribution in [0.1, 0.15) is 59.4 Å². The number of hydrogen-bond acceptors (Lipinski definition) is 6. The first-order chi connectivity index (χ1) is 20.3. The monoisotopic (exact) mass is 566 g/mol. The molecule has 3 aromatic carbocycles. The second-order valence-electron chi connectivity index (χ2n) is 11.8. The number of ether oxygens (including phenoxy) is 3. The average Bonchev–Trinajstić information content (AvgIpc) is 3.43. The van der Waals surface area contributed by atoms with Gasteiger partial charge in [0.15, 0.2) is 11.5 Å². The number of methoxy groups -OCH3 is 2. The van der Waals surface area contributed by atoms with E-state index in [1.165, 1.54) is 29.9 Å². The first-order valence-electron chi connectivity index (χ1n) is 14.8. The van der Waals surface area contributed by atoms with E-state index in [4.69, 9.17) is 14.2 Å². The Morgan fingerprint density at radius 3 is 2.33 bits per heavy atom. The predicted octanol–water partition coefficient (Wildman–Crippen LogP) is 7.33. The summed E-state index contributed by atoms with van der Waals surface area (Å²) in [5.74, 6) is 4.59. The summed E-state index contributed by atoms with van der Waals surface area (Å²) in [4.78, 5) is 27.5. The number of fused-ring (bicyclic) bond motifs is 2. The summed E-state index contributed by atoms with van der Waals surface area (Å²) in [5, 5.41) is 3.67. The van der Waals surface area contributed by atoms with Crippen LogP contribution in [0, 0.1) is 23.7 Å². The summed E-state index contributed by atoms with van der Waals surface area (Å²) in [5.41, 5.74) is 4.10. The molecule has 1 aliphatic heterocycles. The molecule has 1 N–H and O–H groups in total. The molecule has 218 valence electrons. The topological polar surface area (TPSA) is 77.1 Å². The number of imide groups is 1. The Bertz CT molecular complexity index is 1530. The van der Waals surface area contributed by atoms with Gasteiger partial charge in [0.05, 0.1) is 25.3 Å². The molecule has 0 radical (unpaired) electrons. The van der Waals surface area contributed by atoms with E-state index in [0.29, 0.717) is 52.4 Å². The summed E-state index contributed by atoms with van der Waals surface area (Å²) in [6.07, 6.45) is 6.82. The highest BCUT2D eigenvalue weighted by Crippen LogP contribution is 2.47. The molecule has 4 atom stereocenters. The zero-order valence-corrected chi connectivity index (χ0v) is 24.7. The maximum Gasteiger partial charge on any atom is 0.261 e. The number of carbonyl (C=O) groups excluding carboxylic acids is 2. The van der Waals surface area contributed by atoms with Gasteiger partial charge in [-0.1, -0.05) is 32.4 Å². The van der Waals surface area contributed by atoms with Crippen LogP contribution >= 0.6 is 0 Å². The van der Waals surface area contributed by atoms with Crippen molar-refractivity contribution in [2.24, 2.45) is 23.7 Å². The summed E-state index contributed by atoms with van der Waals surface area (Å²) in [6, 6.07) is 18.6. The number of anilines is 1. The maximum absolute atomic E-state index is 13.2. The lowest BCUT2D eigenvalue weighted by Gasteiger charge is -2.34. The van der Waals surface area contributed by atoms with Gasteiger partial charge in [-0.15, -0.1) is 0 Å². The number of carbonyl (C=O) groups is 2. The van der Waals surface area contributed by atoms with E-state index in [1.807, 2.05) is 42.5 Å². The van der Waals surface area contributed by atoms with Gasteiger partial charge in [-0.2, -0.15) is 0 Å². The second-order valence-corrected chi connectivity index (χ2v) is 11.8. The maximum atomic E-state index is 13.2. The highest BCUT2D eigenvalue weighted by atomic mass is 16.5. The van der Waals surface area contributed by atoms with E-state index in [9.17, 15) is 9.59 Å². The molecule has 6 rings (SSSR count). The molecule has 1 fully saturated rings. The van der Waals surface area contributed by atoms with Crippen LogP contribution in [0.4, 0.5) is 5.69 Å². The van der Waals surface area contributed by atoms with Crippen LogP contribution in [0.15, 0.2) is 72.4 Å². The minimum atomic E-state index is -0.310. The highest BCUT2D eigenvalue weighted by Gasteiger charge is 2.38. The van der Waals surface area contributed by atoms with Crippen LogP contribution < -0.4 is 19.5 Å². The van der Waals surface area contributed by atoms with E-state index in [2.05, 4.69) is 25.2 Å². The van der Waals surface area contributed by atoms with E-state index in [0.717, 1.165) is 23.1 Å². The highest BCUT2D eigenvalue weighted by molar-refractivity contribution is 6.21. The van der Waals surface area contributed by atoms with Gasteiger partial charge in [-0.25, -0.2) is 0 Å². The van der Waals surface area contributed by atoms with Gasteiger partial charge in [-0.05, 0) is 97.2 Å². The van der Waals surface area contributed by atoms with Crippen molar-refractivity contribution in [3.8, 4) is 23.0 Å². The Hall–Kier alpha value is -4.26. The summed E-state index contributed by atoms with van der Waals surface area (Å²) in [7, 11) is 3.16. The quantitative estimate of drug-likeness (QED) is 0.273. The molecule has 3 aliphatic rings. The number of rotatable bonds is 9. The minimum absolute atomic E-state index is 0.266. The molecular formula is C35H38N2O5. The molecule has 1 unspecified atom stereocenters. The van der Waals surface area contributed by atoms with Gasteiger partial charge in [-0.3, -0.25) is 14.5 Å². The van der Waals surface area contributed by atoms with Gasteiger partial charge >= 0.3 is 0 Å². The molecular weight excluding hydrogens is 528 g/mol. The second kappa shape index (κ2) is 11.6. The van der Waals surface area contributed by atoms with Crippen molar-refractivity contribution in [3.05, 3.63) is 89.1 Å².